The van der Waals surface area contributed by atoms with Crippen molar-refractivity contribution in [2.45, 2.75) is 96.4 Å². The molecule has 0 aromatic heterocycles. The van der Waals surface area contributed by atoms with E-state index in [0.29, 0.717) is 0 Å². The van der Waals surface area contributed by atoms with E-state index in [2.05, 4.69) is 13.5 Å². The van der Waals surface area contributed by atoms with Crippen LogP contribution in [0.15, 0.2) is 12.7 Å². The summed E-state index contributed by atoms with van der Waals surface area (Å²) in [5.41, 5.74) is 5.79. The quantitative estimate of drug-likeness (QED) is 0.317. The van der Waals surface area contributed by atoms with E-state index in [1.54, 1.807) is 0 Å². The van der Waals surface area contributed by atoms with Crippen molar-refractivity contribution in [3.8, 4) is 0 Å². The van der Waals surface area contributed by atoms with Crippen LogP contribution in [-0.2, 0) is 0 Å². The van der Waals surface area contributed by atoms with Crippen LogP contribution in [0.25, 0.3) is 0 Å². The van der Waals surface area contributed by atoms with Crippen molar-refractivity contribution in [1.29, 1.82) is 0 Å². The topological polar surface area (TPSA) is 26.0 Å². The smallest absolute Gasteiger partial charge is 0.0221 e. The molecule has 0 spiro atoms. The van der Waals surface area contributed by atoms with Gasteiger partial charge in [0.2, 0.25) is 0 Å². The predicted octanol–water partition coefficient (Wildman–Crippen LogP) is 5.59. The minimum atomic E-state index is 0.216. The van der Waals surface area contributed by atoms with E-state index in [0.717, 1.165) is 6.42 Å². The Balaban J connectivity index is 2.96. The van der Waals surface area contributed by atoms with Gasteiger partial charge in [-0.2, -0.15) is 0 Å². The van der Waals surface area contributed by atoms with Crippen LogP contribution >= 0.6 is 0 Å². The molecule has 0 aliphatic rings. The average Bonchev–Trinajstić information content (AvgIpc) is 2.39. The van der Waals surface area contributed by atoms with Gasteiger partial charge in [0.25, 0.3) is 0 Å². The molecular weight excluding hydrogens is 218 g/mol. The summed E-state index contributed by atoms with van der Waals surface area (Å²) in [5, 5.41) is 0. The van der Waals surface area contributed by atoms with Crippen LogP contribution in [0.5, 0.6) is 0 Å². The molecule has 0 rings (SSSR count). The second-order valence-electron chi connectivity index (χ2n) is 5.58. The molecule has 0 radical (unpaired) electrons. The monoisotopic (exact) mass is 253 g/mol. The Morgan fingerprint density at radius 3 is 1.56 bits per heavy atom. The molecule has 0 aromatic rings. The fourth-order valence-electron chi connectivity index (χ4n) is 2.34. The molecule has 1 atom stereocenters. The van der Waals surface area contributed by atoms with Gasteiger partial charge in [-0.1, -0.05) is 90.0 Å². The van der Waals surface area contributed by atoms with Crippen LogP contribution < -0.4 is 5.73 Å². The maximum absolute atomic E-state index is 5.79. The van der Waals surface area contributed by atoms with Crippen molar-refractivity contribution >= 4 is 0 Å². The van der Waals surface area contributed by atoms with E-state index in [1.807, 2.05) is 6.08 Å². The van der Waals surface area contributed by atoms with Gasteiger partial charge in [-0.3, -0.25) is 0 Å². The second kappa shape index (κ2) is 14.8. The molecule has 0 amide bonds. The third-order valence-electron chi connectivity index (χ3n) is 3.69. The highest BCUT2D eigenvalue weighted by molar-refractivity contribution is 4.81. The summed E-state index contributed by atoms with van der Waals surface area (Å²) in [7, 11) is 0. The lowest BCUT2D eigenvalue weighted by Crippen LogP contribution is -2.15. The third kappa shape index (κ3) is 13.8. The number of unbranched alkanes of at least 4 members (excludes halogenated alkanes) is 11. The zero-order chi connectivity index (χ0) is 13.5. The molecule has 0 aromatic carbocycles. The Kier molecular flexibility index (Phi) is 14.5. The van der Waals surface area contributed by atoms with Crippen LogP contribution in [-0.4, -0.2) is 6.04 Å². The van der Waals surface area contributed by atoms with Crippen molar-refractivity contribution in [2.75, 3.05) is 0 Å². The first-order chi connectivity index (χ1) is 8.81. The van der Waals surface area contributed by atoms with Gasteiger partial charge >= 0.3 is 0 Å². The molecule has 18 heavy (non-hydrogen) atoms. The molecule has 2 N–H and O–H groups in total. The molecule has 0 fully saturated rings. The van der Waals surface area contributed by atoms with Gasteiger partial charge in [0.15, 0.2) is 0 Å². The summed E-state index contributed by atoms with van der Waals surface area (Å²) in [6.45, 7) is 5.99. The van der Waals surface area contributed by atoms with Gasteiger partial charge in [-0.05, 0) is 6.42 Å². The van der Waals surface area contributed by atoms with E-state index >= 15 is 0 Å². The Bertz CT molecular complexity index is 165. The zero-order valence-electron chi connectivity index (χ0n) is 12.6. The maximum Gasteiger partial charge on any atom is 0.0221 e. The lowest BCUT2D eigenvalue weighted by atomic mass is 10.0. The number of rotatable bonds is 14. The molecule has 1 nitrogen and oxygen atoms in total. The zero-order valence-corrected chi connectivity index (χ0v) is 12.6. The Morgan fingerprint density at radius 2 is 1.17 bits per heavy atom. The fourth-order valence-corrected chi connectivity index (χ4v) is 2.34. The minimum absolute atomic E-state index is 0.216. The van der Waals surface area contributed by atoms with Crippen molar-refractivity contribution in [1.82, 2.24) is 0 Å². The van der Waals surface area contributed by atoms with Crippen molar-refractivity contribution in [3.05, 3.63) is 12.7 Å². The third-order valence-corrected chi connectivity index (χ3v) is 3.69. The van der Waals surface area contributed by atoms with Gasteiger partial charge in [0.1, 0.15) is 0 Å². The summed E-state index contributed by atoms with van der Waals surface area (Å²) in [6.07, 6.45) is 19.8. The van der Waals surface area contributed by atoms with Crippen molar-refractivity contribution in [3.63, 3.8) is 0 Å². The SMILES string of the molecule is C=CC(N)CCCCCCCCCCCCCC. The highest BCUT2D eigenvalue weighted by Crippen LogP contribution is 2.12. The van der Waals surface area contributed by atoms with Crippen LogP contribution in [0.4, 0.5) is 0 Å². The Morgan fingerprint density at radius 1 is 0.778 bits per heavy atom. The van der Waals surface area contributed by atoms with Gasteiger partial charge in [-0.25, -0.2) is 0 Å². The Labute approximate surface area is 115 Å². The lowest BCUT2D eigenvalue weighted by molar-refractivity contribution is 0.534. The second-order valence-corrected chi connectivity index (χ2v) is 5.58. The first-order valence-corrected chi connectivity index (χ1v) is 8.19. The minimum Gasteiger partial charge on any atom is -0.324 e. The number of hydrogen-bond donors (Lipinski definition) is 1. The van der Waals surface area contributed by atoms with Crippen LogP contribution in [0.3, 0.4) is 0 Å². The number of nitrogens with two attached hydrogens (primary N) is 1. The van der Waals surface area contributed by atoms with E-state index in [4.69, 9.17) is 5.73 Å². The largest absolute Gasteiger partial charge is 0.324 e. The van der Waals surface area contributed by atoms with Crippen molar-refractivity contribution < 1.29 is 0 Å². The van der Waals surface area contributed by atoms with E-state index in [1.165, 1.54) is 77.0 Å². The summed E-state index contributed by atoms with van der Waals surface area (Å²) in [4.78, 5) is 0. The van der Waals surface area contributed by atoms with Crippen LogP contribution in [0, 0.1) is 0 Å². The van der Waals surface area contributed by atoms with Crippen LogP contribution in [0.2, 0.25) is 0 Å². The lowest BCUT2D eigenvalue weighted by Gasteiger charge is -2.05. The normalized spacial score (nSPS) is 12.6. The molecule has 0 saturated heterocycles. The summed E-state index contributed by atoms with van der Waals surface area (Å²) >= 11 is 0. The molecule has 0 heterocycles. The van der Waals surface area contributed by atoms with Gasteiger partial charge < -0.3 is 5.73 Å². The maximum atomic E-state index is 5.79. The summed E-state index contributed by atoms with van der Waals surface area (Å²) in [6, 6.07) is 0.216. The van der Waals surface area contributed by atoms with Gasteiger partial charge in [0.05, 0.1) is 0 Å². The first kappa shape index (κ1) is 17.7. The van der Waals surface area contributed by atoms with Gasteiger partial charge in [0, 0.05) is 6.04 Å². The molecule has 1 unspecified atom stereocenters. The average molecular weight is 253 g/mol. The summed E-state index contributed by atoms with van der Waals surface area (Å²) < 4.78 is 0. The molecular formula is C17H35N. The molecule has 0 saturated carbocycles. The van der Waals surface area contributed by atoms with E-state index in [9.17, 15) is 0 Å². The molecule has 0 bridgehead atoms. The Hall–Kier alpha value is -0.300. The van der Waals surface area contributed by atoms with Gasteiger partial charge in [-0.15, -0.1) is 6.58 Å². The number of hydrogen-bond acceptors (Lipinski definition) is 1. The molecule has 0 aliphatic heterocycles. The van der Waals surface area contributed by atoms with Crippen LogP contribution in [0.1, 0.15) is 90.4 Å². The van der Waals surface area contributed by atoms with E-state index < -0.39 is 0 Å². The molecule has 108 valence electrons. The molecule has 1 heteroatoms. The van der Waals surface area contributed by atoms with E-state index in [-0.39, 0.29) is 6.04 Å². The highest BCUT2D eigenvalue weighted by Gasteiger charge is 1.96. The first-order valence-electron chi connectivity index (χ1n) is 8.19. The van der Waals surface area contributed by atoms with Crippen molar-refractivity contribution in [2.24, 2.45) is 5.73 Å². The fraction of sp³-hybridized carbons (Fsp3) is 0.882. The standard InChI is InChI=1S/C17H35N/c1-3-5-6-7-8-9-10-11-12-13-14-15-16-17(18)4-2/h4,17H,2-3,5-16,18H2,1H3. The predicted molar refractivity (Wildman–Crippen MR) is 83.9 cm³/mol. The molecule has 0 aliphatic carbocycles. The summed E-state index contributed by atoms with van der Waals surface area (Å²) in [5.74, 6) is 0. The highest BCUT2D eigenvalue weighted by atomic mass is 14.6.